The first-order chi connectivity index (χ1) is 8.95. The summed E-state index contributed by atoms with van der Waals surface area (Å²) in [5, 5.41) is 15.8. The lowest BCUT2D eigenvalue weighted by molar-refractivity contribution is -0.148. The number of nitrogens with zero attached hydrogens (tertiary/aromatic N) is 1. The Morgan fingerprint density at radius 3 is 2.79 bits per heavy atom. The molecular formula is C13H18N2O4. The standard InChI is InChI=1S/C13H18N2O4/c1-8-5-3-4-6-13(8,12(17)18)14-11(16)10-7-9(2)19-15-10/h7-8H,3-6H2,1-2H3,(H,14,16)(H,17,18). The molecule has 0 bridgehead atoms. The van der Waals surface area contributed by atoms with Crippen molar-refractivity contribution in [1.82, 2.24) is 10.5 Å². The fourth-order valence-corrected chi connectivity index (χ4v) is 2.64. The van der Waals surface area contributed by atoms with E-state index in [0.29, 0.717) is 12.2 Å². The maximum Gasteiger partial charge on any atom is 0.329 e. The Hall–Kier alpha value is -1.85. The molecule has 0 saturated heterocycles. The smallest absolute Gasteiger partial charge is 0.329 e. The van der Waals surface area contributed by atoms with E-state index < -0.39 is 17.4 Å². The second-order valence-corrected chi connectivity index (χ2v) is 5.20. The molecule has 1 fully saturated rings. The molecular weight excluding hydrogens is 248 g/mol. The van der Waals surface area contributed by atoms with Crippen LogP contribution in [0.1, 0.15) is 48.9 Å². The van der Waals surface area contributed by atoms with Crippen LogP contribution in [0, 0.1) is 12.8 Å². The van der Waals surface area contributed by atoms with Crippen LogP contribution >= 0.6 is 0 Å². The van der Waals surface area contributed by atoms with Gasteiger partial charge in [-0.25, -0.2) is 4.79 Å². The van der Waals surface area contributed by atoms with Gasteiger partial charge in [0, 0.05) is 6.07 Å². The van der Waals surface area contributed by atoms with Gasteiger partial charge in [0.1, 0.15) is 11.3 Å². The second kappa shape index (κ2) is 5.03. The summed E-state index contributed by atoms with van der Waals surface area (Å²) in [4.78, 5) is 23.7. The highest BCUT2D eigenvalue weighted by Gasteiger charge is 2.46. The Labute approximate surface area is 111 Å². The zero-order chi connectivity index (χ0) is 14.0. The lowest BCUT2D eigenvalue weighted by Gasteiger charge is -2.39. The number of hydrogen-bond acceptors (Lipinski definition) is 4. The third-order valence-electron chi connectivity index (χ3n) is 3.88. The maximum absolute atomic E-state index is 12.1. The van der Waals surface area contributed by atoms with Crippen LogP contribution < -0.4 is 5.32 Å². The molecule has 104 valence electrons. The molecule has 1 aliphatic carbocycles. The summed E-state index contributed by atoms with van der Waals surface area (Å²) in [6.07, 6.45) is 3.04. The molecule has 1 aliphatic rings. The number of nitrogens with one attached hydrogen (secondary N) is 1. The van der Waals surface area contributed by atoms with E-state index in [1.807, 2.05) is 6.92 Å². The van der Waals surface area contributed by atoms with Crippen LogP contribution in [0.25, 0.3) is 0 Å². The normalized spacial score (nSPS) is 26.9. The molecule has 0 spiro atoms. The summed E-state index contributed by atoms with van der Waals surface area (Å²) in [5.41, 5.74) is -1.07. The van der Waals surface area contributed by atoms with Gasteiger partial charge >= 0.3 is 5.97 Å². The predicted molar refractivity (Wildman–Crippen MR) is 66.7 cm³/mol. The van der Waals surface area contributed by atoms with Crippen LogP contribution in [-0.2, 0) is 4.79 Å². The van der Waals surface area contributed by atoms with Crippen LogP contribution in [0.5, 0.6) is 0 Å². The van der Waals surface area contributed by atoms with Gasteiger partial charge in [-0.05, 0) is 25.7 Å². The fourth-order valence-electron chi connectivity index (χ4n) is 2.64. The van der Waals surface area contributed by atoms with Gasteiger partial charge in [-0.2, -0.15) is 0 Å². The van der Waals surface area contributed by atoms with Crippen LogP contribution in [0.15, 0.2) is 10.6 Å². The summed E-state index contributed by atoms with van der Waals surface area (Å²) in [5.74, 6) is -1.05. The minimum absolute atomic E-state index is 0.101. The SMILES string of the molecule is Cc1cc(C(=O)NC2(C(=O)O)CCCCC2C)no1. The van der Waals surface area contributed by atoms with E-state index in [0.717, 1.165) is 19.3 Å². The highest BCUT2D eigenvalue weighted by Crippen LogP contribution is 2.34. The second-order valence-electron chi connectivity index (χ2n) is 5.20. The van der Waals surface area contributed by atoms with Crippen molar-refractivity contribution in [2.24, 2.45) is 5.92 Å². The van der Waals surface area contributed by atoms with E-state index in [9.17, 15) is 14.7 Å². The molecule has 1 heterocycles. The predicted octanol–water partition coefficient (Wildman–Crippen LogP) is 1.75. The van der Waals surface area contributed by atoms with Crippen molar-refractivity contribution < 1.29 is 19.2 Å². The number of carbonyl (C=O) groups is 2. The Balaban J connectivity index is 2.21. The van der Waals surface area contributed by atoms with Crippen LogP contribution in [0.2, 0.25) is 0 Å². The van der Waals surface area contributed by atoms with E-state index in [2.05, 4.69) is 10.5 Å². The molecule has 19 heavy (non-hydrogen) atoms. The Morgan fingerprint density at radius 1 is 1.53 bits per heavy atom. The average Bonchev–Trinajstić information content (AvgIpc) is 2.78. The highest BCUT2D eigenvalue weighted by atomic mass is 16.5. The minimum atomic E-state index is -1.19. The number of rotatable bonds is 3. The van der Waals surface area contributed by atoms with Crippen molar-refractivity contribution in [2.75, 3.05) is 0 Å². The molecule has 2 atom stereocenters. The van der Waals surface area contributed by atoms with E-state index >= 15 is 0 Å². The van der Waals surface area contributed by atoms with E-state index in [-0.39, 0.29) is 11.6 Å². The van der Waals surface area contributed by atoms with Gasteiger partial charge in [-0.3, -0.25) is 4.79 Å². The summed E-state index contributed by atoms with van der Waals surface area (Å²) in [7, 11) is 0. The highest BCUT2D eigenvalue weighted by molar-refractivity contribution is 5.96. The topological polar surface area (TPSA) is 92.4 Å². The van der Waals surface area contributed by atoms with Crippen molar-refractivity contribution in [3.63, 3.8) is 0 Å². The molecule has 1 aromatic heterocycles. The molecule has 0 aromatic carbocycles. The number of aryl methyl sites for hydroxylation is 1. The van der Waals surface area contributed by atoms with Crippen LogP contribution in [0.3, 0.4) is 0 Å². The third-order valence-corrected chi connectivity index (χ3v) is 3.88. The Kier molecular flexibility index (Phi) is 3.59. The number of carbonyl (C=O) groups excluding carboxylic acids is 1. The summed E-state index contributed by atoms with van der Waals surface area (Å²) in [6, 6.07) is 1.50. The monoisotopic (exact) mass is 266 g/mol. The average molecular weight is 266 g/mol. The molecule has 1 aromatic rings. The van der Waals surface area contributed by atoms with Crippen molar-refractivity contribution in [3.8, 4) is 0 Å². The number of aromatic nitrogens is 1. The molecule has 0 aliphatic heterocycles. The molecule has 6 nitrogen and oxygen atoms in total. The molecule has 0 radical (unpaired) electrons. The Morgan fingerprint density at radius 2 is 2.26 bits per heavy atom. The lowest BCUT2D eigenvalue weighted by Crippen LogP contribution is -2.60. The molecule has 2 unspecified atom stereocenters. The van der Waals surface area contributed by atoms with Crippen LogP contribution in [-0.4, -0.2) is 27.7 Å². The first-order valence-corrected chi connectivity index (χ1v) is 6.45. The number of hydrogen-bond donors (Lipinski definition) is 2. The number of carboxylic acids is 1. The molecule has 1 amide bonds. The van der Waals surface area contributed by atoms with Crippen molar-refractivity contribution >= 4 is 11.9 Å². The van der Waals surface area contributed by atoms with Crippen molar-refractivity contribution in [3.05, 3.63) is 17.5 Å². The van der Waals surface area contributed by atoms with Gasteiger partial charge in [-0.1, -0.05) is 24.9 Å². The third kappa shape index (κ3) is 2.47. The van der Waals surface area contributed by atoms with E-state index in [1.54, 1.807) is 6.92 Å². The first-order valence-electron chi connectivity index (χ1n) is 6.45. The van der Waals surface area contributed by atoms with E-state index in [4.69, 9.17) is 4.52 Å². The zero-order valence-corrected chi connectivity index (χ0v) is 11.1. The summed E-state index contributed by atoms with van der Waals surface area (Å²) < 4.78 is 4.84. The summed E-state index contributed by atoms with van der Waals surface area (Å²) in [6.45, 7) is 3.54. The summed E-state index contributed by atoms with van der Waals surface area (Å²) >= 11 is 0. The molecule has 6 heteroatoms. The van der Waals surface area contributed by atoms with Crippen molar-refractivity contribution in [2.45, 2.75) is 45.1 Å². The number of aliphatic carboxylic acids is 1. The zero-order valence-electron chi connectivity index (χ0n) is 11.1. The molecule has 1 saturated carbocycles. The lowest BCUT2D eigenvalue weighted by atomic mass is 9.73. The molecule has 2 N–H and O–H groups in total. The number of amides is 1. The first kappa shape index (κ1) is 13.6. The van der Waals surface area contributed by atoms with Gasteiger partial charge in [0.25, 0.3) is 5.91 Å². The van der Waals surface area contributed by atoms with E-state index in [1.165, 1.54) is 6.07 Å². The van der Waals surface area contributed by atoms with Crippen molar-refractivity contribution in [1.29, 1.82) is 0 Å². The van der Waals surface area contributed by atoms with Gasteiger partial charge in [-0.15, -0.1) is 0 Å². The minimum Gasteiger partial charge on any atom is -0.479 e. The van der Waals surface area contributed by atoms with Gasteiger partial charge in [0.15, 0.2) is 5.69 Å². The maximum atomic E-state index is 12.1. The fraction of sp³-hybridized carbons (Fsp3) is 0.615. The molecule has 2 rings (SSSR count). The van der Waals surface area contributed by atoms with Gasteiger partial charge < -0.3 is 14.9 Å². The Bertz CT molecular complexity index is 497. The van der Waals surface area contributed by atoms with Gasteiger partial charge in [0.2, 0.25) is 0 Å². The number of carboxylic acid groups (broad SMARTS) is 1. The quantitative estimate of drug-likeness (QED) is 0.869. The largest absolute Gasteiger partial charge is 0.479 e. The van der Waals surface area contributed by atoms with Gasteiger partial charge in [0.05, 0.1) is 0 Å². The van der Waals surface area contributed by atoms with Crippen LogP contribution in [0.4, 0.5) is 0 Å².